The number of thiophene rings is 1. The van der Waals surface area contributed by atoms with Crippen molar-refractivity contribution in [3.63, 3.8) is 0 Å². The van der Waals surface area contributed by atoms with E-state index in [1.54, 1.807) is 22.3 Å². The minimum Gasteiger partial charge on any atom is -0.322 e. The molecule has 0 saturated carbocycles. The molecule has 0 spiro atoms. The Hall–Kier alpha value is -2.18. The monoisotopic (exact) mass is 369 g/mol. The minimum absolute atomic E-state index is 0.0382. The van der Waals surface area contributed by atoms with Gasteiger partial charge in [-0.05, 0) is 44.5 Å². The van der Waals surface area contributed by atoms with Crippen molar-refractivity contribution in [3.05, 3.63) is 42.5 Å². The number of piperazine rings is 1. The number of likely N-dealkylation sites (N-methyl/N-ethyl adjacent to an activating group) is 1. The van der Waals surface area contributed by atoms with Crippen LogP contribution in [0.5, 0.6) is 0 Å². The standard InChI is InChI=1S/C20H23N3O2S/c1-21(2)11-5-8-18(24)23-15-9-10-16(23)20(25)22(13-15)19-12-14-6-3-4-7-17(14)26-19/h3-8,12,15-16H,9-11,13H2,1-2H3/b8-5+. The van der Waals surface area contributed by atoms with E-state index >= 15 is 0 Å². The molecule has 0 radical (unpaired) electrons. The first-order chi connectivity index (χ1) is 12.5. The normalized spacial score (nSPS) is 23.0. The van der Waals surface area contributed by atoms with E-state index in [2.05, 4.69) is 18.2 Å². The number of benzene rings is 1. The molecule has 4 rings (SSSR count). The van der Waals surface area contributed by atoms with Crippen LogP contribution >= 0.6 is 11.3 Å². The van der Waals surface area contributed by atoms with Gasteiger partial charge in [0.2, 0.25) is 11.8 Å². The molecule has 5 nitrogen and oxygen atoms in total. The summed E-state index contributed by atoms with van der Waals surface area (Å²) in [5.41, 5.74) is 0. The van der Waals surface area contributed by atoms with E-state index in [0.29, 0.717) is 6.54 Å². The van der Waals surface area contributed by atoms with Crippen molar-refractivity contribution in [3.8, 4) is 0 Å². The van der Waals surface area contributed by atoms with Crippen molar-refractivity contribution in [1.82, 2.24) is 9.80 Å². The maximum atomic E-state index is 13.1. The van der Waals surface area contributed by atoms with Gasteiger partial charge in [-0.15, -0.1) is 11.3 Å². The van der Waals surface area contributed by atoms with Gasteiger partial charge in [-0.25, -0.2) is 0 Å². The lowest BCUT2D eigenvalue weighted by Crippen LogP contribution is -2.58. The maximum Gasteiger partial charge on any atom is 0.250 e. The third-order valence-electron chi connectivity index (χ3n) is 5.11. The summed E-state index contributed by atoms with van der Waals surface area (Å²) < 4.78 is 1.19. The number of hydrogen-bond donors (Lipinski definition) is 0. The third kappa shape index (κ3) is 3.04. The molecule has 136 valence electrons. The van der Waals surface area contributed by atoms with Crippen LogP contribution < -0.4 is 4.90 Å². The van der Waals surface area contributed by atoms with E-state index in [1.807, 2.05) is 42.1 Å². The van der Waals surface area contributed by atoms with Crippen LogP contribution in [0.3, 0.4) is 0 Å². The fraction of sp³-hybridized carbons (Fsp3) is 0.400. The van der Waals surface area contributed by atoms with Crippen LogP contribution in [0, 0.1) is 0 Å². The Bertz CT molecular complexity index is 840. The zero-order chi connectivity index (χ0) is 18.3. The molecule has 6 heteroatoms. The van der Waals surface area contributed by atoms with Crippen LogP contribution in [0.1, 0.15) is 12.8 Å². The molecule has 0 aliphatic carbocycles. The molecule has 1 aromatic heterocycles. The number of amides is 2. The second-order valence-corrected chi connectivity index (χ2v) is 8.29. The second-order valence-electron chi connectivity index (χ2n) is 7.23. The van der Waals surface area contributed by atoms with E-state index in [4.69, 9.17) is 0 Å². The number of carbonyl (C=O) groups is 2. The quantitative estimate of drug-likeness (QED) is 0.779. The summed E-state index contributed by atoms with van der Waals surface area (Å²) >= 11 is 1.65. The van der Waals surface area contributed by atoms with Crippen molar-refractivity contribution in [2.75, 3.05) is 32.1 Å². The lowest BCUT2D eigenvalue weighted by Gasteiger charge is -2.39. The van der Waals surface area contributed by atoms with Gasteiger partial charge in [0, 0.05) is 23.9 Å². The highest BCUT2D eigenvalue weighted by molar-refractivity contribution is 7.23. The van der Waals surface area contributed by atoms with Gasteiger partial charge in [0.15, 0.2) is 0 Å². The molecule has 1 aromatic carbocycles. The molecular formula is C20H23N3O2S. The lowest BCUT2D eigenvalue weighted by molar-refractivity contribution is -0.137. The molecule has 2 fully saturated rings. The van der Waals surface area contributed by atoms with Crippen LogP contribution in [0.25, 0.3) is 10.1 Å². The smallest absolute Gasteiger partial charge is 0.250 e. The molecule has 2 atom stereocenters. The first kappa shape index (κ1) is 17.2. The Morgan fingerprint density at radius 1 is 1.31 bits per heavy atom. The highest BCUT2D eigenvalue weighted by Crippen LogP contribution is 2.38. The molecule has 2 bridgehead atoms. The van der Waals surface area contributed by atoms with Crippen molar-refractivity contribution in [1.29, 1.82) is 0 Å². The van der Waals surface area contributed by atoms with Gasteiger partial charge in [0.25, 0.3) is 0 Å². The molecule has 2 aliphatic rings. The second kappa shape index (κ2) is 6.85. The Balaban J connectivity index is 1.54. The van der Waals surface area contributed by atoms with Crippen LogP contribution in [0.2, 0.25) is 0 Å². The molecule has 2 aromatic rings. The molecular weight excluding hydrogens is 346 g/mol. The minimum atomic E-state index is -0.324. The van der Waals surface area contributed by atoms with Gasteiger partial charge in [0.1, 0.15) is 6.04 Å². The number of carbonyl (C=O) groups excluding carboxylic acids is 2. The van der Waals surface area contributed by atoms with Gasteiger partial charge in [-0.2, -0.15) is 0 Å². The molecule has 2 unspecified atom stereocenters. The maximum absolute atomic E-state index is 13.1. The average molecular weight is 369 g/mol. The highest BCUT2D eigenvalue weighted by Gasteiger charge is 2.47. The largest absolute Gasteiger partial charge is 0.322 e. The Morgan fingerprint density at radius 2 is 2.12 bits per heavy atom. The Labute approximate surface area is 157 Å². The van der Waals surface area contributed by atoms with Gasteiger partial charge >= 0.3 is 0 Å². The predicted molar refractivity (Wildman–Crippen MR) is 106 cm³/mol. The predicted octanol–water partition coefficient (Wildman–Crippen LogP) is 2.73. The van der Waals surface area contributed by atoms with E-state index in [-0.39, 0.29) is 23.9 Å². The summed E-state index contributed by atoms with van der Waals surface area (Å²) in [6, 6.07) is 10.1. The number of nitrogens with zero attached hydrogens (tertiary/aromatic N) is 3. The van der Waals surface area contributed by atoms with Gasteiger partial charge in [-0.3, -0.25) is 14.5 Å². The van der Waals surface area contributed by atoms with Crippen LogP contribution in [0.15, 0.2) is 42.5 Å². The van der Waals surface area contributed by atoms with Crippen LogP contribution in [-0.4, -0.2) is 60.9 Å². The number of hydrogen-bond acceptors (Lipinski definition) is 4. The summed E-state index contributed by atoms with van der Waals surface area (Å²) in [5, 5.41) is 2.15. The molecule has 2 amide bonds. The van der Waals surface area contributed by atoms with Crippen LogP contribution in [-0.2, 0) is 9.59 Å². The van der Waals surface area contributed by atoms with Crippen LogP contribution in [0.4, 0.5) is 5.00 Å². The topological polar surface area (TPSA) is 43.9 Å². The number of anilines is 1. The van der Waals surface area contributed by atoms with E-state index in [1.165, 1.54) is 4.70 Å². The summed E-state index contributed by atoms with van der Waals surface area (Å²) in [6.45, 7) is 1.31. The number of fused-ring (bicyclic) bond motifs is 3. The molecule has 2 saturated heterocycles. The average Bonchev–Trinajstić information content (AvgIpc) is 3.18. The fourth-order valence-corrected chi connectivity index (χ4v) is 4.95. The SMILES string of the molecule is CN(C)C/C=C/C(=O)N1C2CCC1C(=O)N(c1cc3ccccc3s1)C2. The first-order valence-corrected chi connectivity index (χ1v) is 9.80. The van der Waals surface area contributed by atoms with Crippen molar-refractivity contribution >= 4 is 38.2 Å². The zero-order valence-electron chi connectivity index (χ0n) is 15.1. The lowest BCUT2D eigenvalue weighted by atomic mass is 10.1. The van der Waals surface area contributed by atoms with Crippen molar-refractivity contribution in [2.45, 2.75) is 24.9 Å². The Morgan fingerprint density at radius 3 is 2.88 bits per heavy atom. The fourth-order valence-electron chi connectivity index (χ4n) is 3.87. The molecule has 3 heterocycles. The Kier molecular flexibility index (Phi) is 4.54. The van der Waals surface area contributed by atoms with Gasteiger partial charge < -0.3 is 9.80 Å². The summed E-state index contributed by atoms with van der Waals surface area (Å²) in [4.78, 5) is 31.4. The molecule has 0 N–H and O–H groups in total. The highest BCUT2D eigenvalue weighted by atomic mass is 32.1. The summed E-state index contributed by atoms with van der Waals surface area (Å²) in [5.74, 6) is 0.0170. The number of rotatable bonds is 4. The van der Waals surface area contributed by atoms with E-state index < -0.39 is 0 Å². The van der Waals surface area contributed by atoms with E-state index in [9.17, 15) is 9.59 Å². The molecule has 2 aliphatic heterocycles. The van der Waals surface area contributed by atoms with Gasteiger partial charge in [-0.1, -0.05) is 24.3 Å². The van der Waals surface area contributed by atoms with Crippen molar-refractivity contribution in [2.24, 2.45) is 0 Å². The van der Waals surface area contributed by atoms with Gasteiger partial charge in [0.05, 0.1) is 11.0 Å². The van der Waals surface area contributed by atoms with Crippen molar-refractivity contribution < 1.29 is 9.59 Å². The summed E-state index contributed by atoms with van der Waals surface area (Å²) in [7, 11) is 3.93. The third-order valence-corrected chi connectivity index (χ3v) is 6.25. The first-order valence-electron chi connectivity index (χ1n) is 8.98. The zero-order valence-corrected chi connectivity index (χ0v) is 15.9. The summed E-state index contributed by atoms with van der Waals surface area (Å²) in [6.07, 6.45) is 5.14. The van der Waals surface area contributed by atoms with E-state index in [0.717, 1.165) is 29.8 Å². The molecule has 26 heavy (non-hydrogen) atoms.